The van der Waals surface area contributed by atoms with Gasteiger partial charge in [-0.25, -0.2) is 9.97 Å². The molecule has 3 nitrogen and oxygen atoms in total. The van der Waals surface area contributed by atoms with Crippen molar-refractivity contribution in [2.75, 3.05) is 0 Å². The van der Waals surface area contributed by atoms with Crippen molar-refractivity contribution in [1.29, 1.82) is 0 Å². The Morgan fingerprint density at radius 1 is 1.47 bits per heavy atom. The van der Waals surface area contributed by atoms with Gasteiger partial charge in [0.2, 0.25) is 0 Å². The summed E-state index contributed by atoms with van der Waals surface area (Å²) >= 11 is 11.7. The Kier molecular flexibility index (Phi) is 4.43. The summed E-state index contributed by atoms with van der Waals surface area (Å²) in [7, 11) is 0. The molecule has 0 amide bonds. The Morgan fingerprint density at radius 2 is 2.24 bits per heavy atom. The highest BCUT2D eigenvalue weighted by atomic mass is 127. The summed E-state index contributed by atoms with van der Waals surface area (Å²) in [4.78, 5) is 8.74. The molecule has 0 atom stereocenters. The first-order valence-corrected chi connectivity index (χ1v) is 7.33. The van der Waals surface area contributed by atoms with Gasteiger partial charge in [-0.15, -0.1) is 0 Å². The molecule has 0 aliphatic heterocycles. The fourth-order valence-electron chi connectivity index (χ4n) is 1.42. The van der Waals surface area contributed by atoms with Gasteiger partial charge in [-0.3, -0.25) is 0 Å². The van der Waals surface area contributed by atoms with Crippen LogP contribution in [0.1, 0.15) is 19.0 Å². The summed E-state index contributed by atoms with van der Waals surface area (Å²) in [5.41, 5.74) is 0.964. The lowest BCUT2D eigenvalue weighted by atomic mass is 10.2. The average molecular weight is 427 g/mol. The molecule has 0 aliphatic carbocycles. The van der Waals surface area contributed by atoms with Crippen molar-refractivity contribution < 1.29 is 4.42 Å². The number of aromatic nitrogens is 2. The van der Waals surface area contributed by atoms with E-state index in [1.807, 2.05) is 6.07 Å². The minimum absolute atomic E-state index is 0.474. The second kappa shape index (κ2) is 5.67. The van der Waals surface area contributed by atoms with Crippen molar-refractivity contribution in [3.05, 3.63) is 31.2 Å². The zero-order valence-electron chi connectivity index (χ0n) is 9.01. The number of aryl methyl sites for hydroxylation is 1. The van der Waals surface area contributed by atoms with Crippen molar-refractivity contribution in [3.63, 3.8) is 0 Å². The number of nitrogens with zero attached hydrogens (tertiary/aromatic N) is 2. The van der Waals surface area contributed by atoms with Crippen LogP contribution in [0.2, 0.25) is 5.15 Å². The molecule has 0 unspecified atom stereocenters. The molecule has 2 heterocycles. The van der Waals surface area contributed by atoms with Gasteiger partial charge in [0.15, 0.2) is 11.6 Å². The molecule has 17 heavy (non-hydrogen) atoms. The maximum atomic E-state index is 6.11. The van der Waals surface area contributed by atoms with Gasteiger partial charge in [0.1, 0.15) is 5.15 Å². The minimum atomic E-state index is 0.474. The van der Waals surface area contributed by atoms with Crippen molar-refractivity contribution >= 4 is 50.1 Å². The number of halogens is 3. The van der Waals surface area contributed by atoms with Gasteiger partial charge in [-0.2, -0.15) is 0 Å². The smallest absolute Gasteiger partial charge is 0.198 e. The predicted octanol–water partition coefficient (Wildman–Crippen LogP) is 4.71. The lowest BCUT2D eigenvalue weighted by Gasteiger charge is -2.06. The number of rotatable bonds is 3. The molecule has 0 saturated carbocycles. The normalized spacial score (nSPS) is 10.8. The molecule has 0 fully saturated rings. The molecule has 90 valence electrons. The monoisotopic (exact) mass is 426 g/mol. The van der Waals surface area contributed by atoms with Crippen LogP contribution in [0, 0.1) is 3.57 Å². The molecule has 2 aromatic rings. The third kappa shape index (κ3) is 2.82. The Labute approximate surface area is 126 Å². The summed E-state index contributed by atoms with van der Waals surface area (Å²) in [6.45, 7) is 2.11. The van der Waals surface area contributed by atoms with Crippen molar-refractivity contribution in [2.45, 2.75) is 19.8 Å². The highest BCUT2D eigenvalue weighted by molar-refractivity contribution is 14.1. The van der Waals surface area contributed by atoms with Crippen LogP contribution in [0.3, 0.4) is 0 Å². The number of hydrogen-bond acceptors (Lipinski definition) is 3. The maximum absolute atomic E-state index is 6.11. The van der Waals surface area contributed by atoms with E-state index in [2.05, 4.69) is 55.4 Å². The first-order valence-electron chi connectivity index (χ1n) is 5.08. The first-order chi connectivity index (χ1) is 8.13. The van der Waals surface area contributed by atoms with Gasteiger partial charge in [-0.05, 0) is 51.0 Å². The standard InChI is InChI=1S/C11H9BrClIN2O/c1-2-3-7-8(14)10(13)16-11(15-7)9-6(12)4-5-17-9/h4-5H,2-3H2,1H3. The van der Waals surface area contributed by atoms with E-state index in [0.717, 1.165) is 26.6 Å². The summed E-state index contributed by atoms with van der Waals surface area (Å²) in [5, 5.41) is 0.474. The van der Waals surface area contributed by atoms with E-state index < -0.39 is 0 Å². The molecule has 2 aromatic heterocycles. The van der Waals surface area contributed by atoms with Gasteiger partial charge >= 0.3 is 0 Å². The largest absolute Gasteiger partial charge is 0.460 e. The number of hydrogen-bond donors (Lipinski definition) is 0. The van der Waals surface area contributed by atoms with Crippen molar-refractivity contribution in [2.24, 2.45) is 0 Å². The second-order valence-corrected chi connectivity index (χ2v) is 5.74. The summed E-state index contributed by atoms with van der Waals surface area (Å²) in [6, 6.07) is 1.81. The number of furan rings is 1. The van der Waals surface area contributed by atoms with E-state index in [9.17, 15) is 0 Å². The highest BCUT2D eigenvalue weighted by Gasteiger charge is 2.15. The van der Waals surface area contributed by atoms with Gasteiger partial charge in [0.25, 0.3) is 0 Å². The van der Waals surface area contributed by atoms with E-state index in [1.54, 1.807) is 6.26 Å². The van der Waals surface area contributed by atoms with Crippen LogP contribution in [0.5, 0.6) is 0 Å². The minimum Gasteiger partial charge on any atom is -0.460 e. The van der Waals surface area contributed by atoms with Gasteiger partial charge in [0.05, 0.1) is 20.0 Å². The average Bonchev–Trinajstić information content (AvgIpc) is 2.71. The quantitative estimate of drug-likeness (QED) is 0.526. The molecule has 0 spiro atoms. The van der Waals surface area contributed by atoms with Gasteiger partial charge < -0.3 is 4.42 Å². The fourth-order valence-corrected chi connectivity index (χ4v) is 2.50. The lowest BCUT2D eigenvalue weighted by Crippen LogP contribution is -2.00. The summed E-state index contributed by atoms with van der Waals surface area (Å²) in [6.07, 6.45) is 3.49. The first kappa shape index (κ1) is 13.3. The maximum Gasteiger partial charge on any atom is 0.198 e. The summed E-state index contributed by atoms with van der Waals surface area (Å²) in [5.74, 6) is 1.14. The third-order valence-corrected chi connectivity index (χ3v) is 4.54. The summed E-state index contributed by atoms with van der Waals surface area (Å²) < 4.78 is 7.09. The van der Waals surface area contributed by atoms with Crippen LogP contribution >= 0.6 is 50.1 Å². The molecule has 2 rings (SSSR count). The highest BCUT2D eigenvalue weighted by Crippen LogP contribution is 2.29. The SMILES string of the molecule is CCCc1nc(-c2occc2Br)nc(Cl)c1I. The van der Waals surface area contributed by atoms with Gasteiger partial charge in [0, 0.05) is 0 Å². The fraction of sp³-hybridized carbons (Fsp3) is 0.273. The molecular formula is C11H9BrClIN2O. The van der Waals surface area contributed by atoms with Crippen LogP contribution in [0.15, 0.2) is 21.2 Å². The zero-order valence-corrected chi connectivity index (χ0v) is 13.5. The van der Waals surface area contributed by atoms with Gasteiger partial charge in [-0.1, -0.05) is 24.9 Å². The lowest BCUT2D eigenvalue weighted by molar-refractivity contribution is 0.575. The van der Waals surface area contributed by atoms with Crippen LogP contribution in [0.4, 0.5) is 0 Å². The van der Waals surface area contributed by atoms with E-state index >= 15 is 0 Å². The van der Waals surface area contributed by atoms with E-state index in [1.165, 1.54) is 0 Å². The molecule has 0 radical (unpaired) electrons. The van der Waals surface area contributed by atoms with Crippen LogP contribution in [0.25, 0.3) is 11.6 Å². The second-order valence-electron chi connectivity index (χ2n) is 3.45. The molecular weight excluding hydrogens is 418 g/mol. The van der Waals surface area contributed by atoms with Crippen LogP contribution in [-0.2, 0) is 6.42 Å². The van der Waals surface area contributed by atoms with Crippen LogP contribution < -0.4 is 0 Å². The van der Waals surface area contributed by atoms with Crippen molar-refractivity contribution in [3.8, 4) is 11.6 Å². The Bertz CT molecular complexity index is 544. The zero-order chi connectivity index (χ0) is 12.4. The Balaban J connectivity index is 2.53. The predicted molar refractivity (Wildman–Crippen MR) is 79.2 cm³/mol. The molecule has 0 aromatic carbocycles. The molecule has 0 aliphatic rings. The van der Waals surface area contributed by atoms with E-state index in [0.29, 0.717) is 16.7 Å². The van der Waals surface area contributed by atoms with Crippen LogP contribution in [-0.4, -0.2) is 9.97 Å². The van der Waals surface area contributed by atoms with E-state index in [4.69, 9.17) is 16.0 Å². The van der Waals surface area contributed by atoms with Crippen molar-refractivity contribution in [1.82, 2.24) is 9.97 Å². The topological polar surface area (TPSA) is 38.9 Å². The molecule has 0 N–H and O–H groups in total. The molecule has 0 saturated heterocycles. The molecule has 6 heteroatoms. The Morgan fingerprint density at radius 3 is 2.82 bits per heavy atom. The van der Waals surface area contributed by atoms with E-state index in [-0.39, 0.29) is 0 Å². The molecule has 0 bridgehead atoms. The third-order valence-electron chi connectivity index (χ3n) is 2.19. The Hall–Kier alpha value is -0.140.